The van der Waals surface area contributed by atoms with E-state index in [1.807, 2.05) is 19.1 Å². The standard InChI is InChI=1S/C21H33N5OS/c1-6-26(7-2)20(17-9-8-10-19(13-17)27-5)14-24-21(22-4)23-12-11-18-15-28-16(3)25-18/h8-10,13,15,20H,6-7,11-12,14H2,1-5H3,(H2,22,23,24). The van der Waals surface area contributed by atoms with Crippen molar-refractivity contribution in [3.63, 3.8) is 0 Å². The molecule has 1 heterocycles. The highest BCUT2D eigenvalue weighted by Gasteiger charge is 2.19. The quantitative estimate of drug-likeness (QED) is 0.471. The molecule has 0 aliphatic heterocycles. The summed E-state index contributed by atoms with van der Waals surface area (Å²) in [6.07, 6.45) is 0.889. The second-order valence-electron chi connectivity index (χ2n) is 6.50. The van der Waals surface area contributed by atoms with Gasteiger partial charge in [0.25, 0.3) is 0 Å². The van der Waals surface area contributed by atoms with E-state index in [0.29, 0.717) is 0 Å². The van der Waals surface area contributed by atoms with E-state index in [9.17, 15) is 0 Å². The molecule has 0 aliphatic carbocycles. The van der Waals surface area contributed by atoms with Gasteiger partial charge in [0.2, 0.25) is 0 Å². The highest BCUT2D eigenvalue weighted by molar-refractivity contribution is 7.09. The average molecular weight is 404 g/mol. The molecule has 0 saturated heterocycles. The topological polar surface area (TPSA) is 61.8 Å². The Hall–Kier alpha value is -2.12. The van der Waals surface area contributed by atoms with Crippen molar-refractivity contribution in [1.29, 1.82) is 0 Å². The zero-order valence-corrected chi connectivity index (χ0v) is 18.5. The number of nitrogens with zero attached hydrogens (tertiary/aromatic N) is 3. The number of benzene rings is 1. The molecule has 28 heavy (non-hydrogen) atoms. The first-order valence-corrected chi connectivity index (χ1v) is 10.7. The lowest BCUT2D eigenvalue weighted by atomic mass is 10.0. The normalized spacial score (nSPS) is 12.9. The SMILES string of the molecule is CCN(CC)C(CNC(=NC)NCCc1csc(C)n1)c1cccc(OC)c1. The highest BCUT2D eigenvalue weighted by Crippen LogP contribution is 2.23. The minimum atomic E-state index is 0.241. The maximum Gasteiger partial charge on any atom is 0.191 e. The fourth-order valence-electron chi connectivity index (χ4n) is 3.22. The molecular weight excluding hydrogens is 370 g/mol. The van der Waals surface area contributed by atoms with Crippen molar-refractivity contribution in [3.8, 4) is 5.75 Å². The molecule has 154 valence electrons. The molecule has 1 unspecified atom stereocenters. The molecule has 0 radical (unpaired) electrons. The summed E-state index contributed by atoms with van der Waals surface area (Å²) in [5.74, 6) is 1.70. The molecule has 0 amide bonds. The van der Waals surface area contributed by atoms with Gasteiger partial charge in [-0.25, -0.2) is 4.98 Å². The summed E-state index contributed by atoms with van der Waals surface area (Å²) in [6.45, 7) is 9.96. The number of nitrogens with one attached hydrogen (secondary N) is 2. The van der Waals surface area contributed by atoms with E-state index < -0.39 is 0 Å². The first kappa shape index (κ1) is 22.2. The number of aliphatic imine (C=N–C) groups is 1. The molecule has 7 heteroatoms. The largest absolute Gasteiger partial charge is 0.497 e. The Kier molecular flexibility index (Phi) is 9.23. The molecule has 0 saturated carbocycles. The Labute approximate surface area is 173 Å². The number of hydrogen-bond acceptors (Lipinski definition) is 5. The van der Waals surface area contributed by atoms with Crippen molar-refractivity contribution < 1.29 is 4.74 Å². The van der Waals surface area contributed by atoms with Crippen LogP contribution in [0.15, 0.2) is 34.6 Å². The summed E-state index contributed by atoms with van der Waals surface area (Å²) in [4.78, 5) is 11.3. The first-order valence-electron chi connectivity index (χ1n) is 9.84. The number of aryl methyl sites for hydroxylation is 1. The Morgan fingerprint density at radius 2 is 2.07 bits per heavy atom. The molecule has 0 fully saturated rings. The van der Waals surface area contributed by atoms with Crippen LogP contribution in [0.25, 0.3) is 0 Å². The summed E-state index contributed by atoms with van der Waals surface area (Å²) in [6, 6.07) is 8.55. The molecule has 0 aliphatic rings. The lowest BCUT2D eigenvalue weighted by Crippen LogP contribution is -2.43. The van der Waals surface area contributed by atoms with E-state index in [2.05, 4.69) is 56.9 Å². The maximum atomic E-state index is 5.42. The summed E-state index contributed by atoms with van der Waals surface area (Å²) >= 11 is 1.69. The number of guanidine groups is 1. The van der Waals surface area contributed by atoms with Crippen molar-refractivity contribution in [2.45, 2.75) is 33.2 Å². The third kappa shape index (κ3) is 6.49. The molecule has 2 rings (SSSR count). The zero-order valence-electron chi connectivity index (χ0n) is 17.7. The lowest BCUT2D eigenvalue weighted by Gasteiger charge is -2.31. The third-order valence-electron chi connectivity index (χ3n) is 4.76. The number of thiazole rings is 1. The van der Waals surface area contributed by atoms with Crippen LogP contribution in [0.2, 0.25) is 0 Å². The van der Waals surface area contributed by atoms with Gasteiger partial charge in [0.15, 0.2) is 5.96 Å². The fourth-order valence-corrected chi connectivity index (χ4v) is 3.86. The van der Waals surface area contributed by atoms with Crippen LogP contribution in [0, 0.1) is 6.92 Å². The Balaban J connectivity index is 1.97. The number of hydrogen-bond donors (Lipinski definition) is 2. The number of likely N-dealkylation sites (N-methyl/N-ethyl adjacent to an activating group) is 1. The van der Waals surface area contributed by atoms with Crippen LogP contribution in [0.1, 0.15) is 36.2 Å². The predicted molar refractivity (Wildman–Crippen MR) is 119 cm³/mol. The van der Waals surface area contributed by atoms with Crippen LogP contribution in [0.4, 0.5) is 0 Å². The molecule has 2 aromatic rings. The molecular formula is C21H33N5OS. The molecule has 2 N–H and O–H groups in total. The smallest absolute Gasteiger partial charge is 0.191 e. The van der Waals surface area contributed by atoms with Crippen LogP contribution in [0.3, 0.4) is 0 Å². The third-order valence-corrected chi connectivity index (χ3v) is 5.58. The summed E-state index contributed by atoms with van der Waals surface area (Å²) in [5, 5.41) is 10.1. The van der Waals surface area contributed by atoms with Crippen LogP contribution in [-0.4, -0.2) is 56.2 Å². The van der Waals surface area contributed by atoms with Gasteiger partial charge >= 0.3 is 0 Å². The minimum absolute atomic E-state index is 0.241. The van der Waals surface area contributed by atoms with Gasteiger partial charge in [-0.15, -0.1) is 11.3 Å². The molecule has 6 nitrogen and oxygen atoms in total. The molecule has 1 atom stereocenters. The Morgan fingerprint density at radius 3 is 2.68 bits per heavy atom. The number of ether oxygens (including phenoxy) is 1. The van der Waals surface area contributed by atoms with Crippen molar-refractivity contribution in [2.75, 3.05) is 40.3 Å². The van der Waals surface area contributed by atoms with Crippen LogP contribution < -0.4 is 15.4 Å². The van der Waals surface area contributed by atoms with Gasteiger partial charge in [-0.3, -0.25) is 9.89 Å². The van der Waals surface area contributed by atoms with Crippen LogP contribution in [0.5, 0.6) is 5.75 Å². The van der Waals surface area contributed by atoms with Crippen LogP contribution >= 0.6 is 11.3 Å². The van der Waals surface area contributed by atoms with E-state index in [-0.39, 0.29) is 6.04 Å². The van der Waals surface area contributed by atoms with Gasteiger partial charge in [0.1, 0.15) is 5.75 Å². The minimum Gasteiger partial charge on any atom is -0.497 e. The van der Waals surface area contributed by atoms with E-state index in [0.717, 1.165) is 55.0 Å². The second-order valence-corrected chi connectivity index (χ2v) is 7.56. The number of rotatable bonds is 10. The molecule has 1 aromatic carbocycles. The van der Waals surface area contributed by atoms with Gasteiger partial charge in [-0.05, 0) is 37.7 Å². The van der Waals surface area contributed by atoms with Gasteiger partial charge < -0.3 is 15.4 Å². The predicted octanol–water partition coefficient (Wildman–Crippen LogP) is 3.25. The zero-order chi connectivity index (χ0) is 20.4. The van der Waals surface area contributed by atoms with Crippen molar-refractivity contribution >= 4 is 17.3 Å². The van der Waals surface area contributed by atoms with Gasteiger partial charge in [-0.2, -0.15) is 0 Å². The second kappa shape index (κ2) is 11.7. The molecule has 0 bridgehead atoms. The monoisotopic (exact) mass is 403 g/mol. The van der Waals surface area contributed by atoms with Gasteiger partial charge in [0.05, 0.1) is 23.9 Å². The van der Waals surface area contributed by atoms with E-state index in [1.165, 1.54) is 5.56 Å². The molecule has 1 aromatic heterocycles. The molecule has 0 spiro atoms. The first-order chi connectivity index (χ1) is 13.6. The van der Waals surface area contributed by atoms with Gasteiger partial charge in [-0.1, -0.05) is 26.0 Å². The van der Waals surface area contributed by atoms with E-state index in [1.54, 1.807) is 25.5 Å². The lowest BCUT2D eigenvalue weighted by molar-refractivity contribution is 0.218. The van der Waals surface area contributed by atoms with Crippen molar-refractivity contribution in [3.05, 3.63) is 45.9 Å². The van der Waals surface area contributed by atoms with E-state index in [4.69, 9.17) is 4.74 Å². The number of aromatic nitrogens is 1. The Morgan fingerprint density at radius 1 is 1.29 bits per heavy atom. The van der Waals surface area contributed by atoms with Crippen molar-refractivity contribution in [2.24, 2.45) is 4.99 Å². The van der Waals surface area contributed by atoms with E-state index >= 15 is 0 Å². The maximum absolute atomic E-state index is 5.42. The summed E-state index contributed by atoms with van der Waals surface area (Å²) in [7, 11) is 3.51. The van der Waals surface area contributed by atoms with Crippen LogP contribution in [-0.2, 0) is 6.42 Å². The highest BCUT2D eigenvalue weighted by atomic mass is 32.1. The fraction of sp³-hybridized carbons (Fsp3) is 0.524. The van der Waals surface area contributed by atoms with Crippen molar-refractivity contribution in [1.82, 2.24) is 20.5 Å². The van der Waals surface area contributed by atoms with Gasteiger partial charge in [0, 0.05) is 31.9 Å². The average Bonchev–Trinajstić information content (AvgIpc) is 3.14. The Bertz CT molecular complexity index is 742. The number of methoxy groups -OCH3 is 1. The summed E-state index contributed by atoms with van der Waals surface area (Å²) < 4.78 is 5.42. The summed E-state index contributed by atoms with van der Waals surface area (Å²) in [5.41, 5.74) is 2.37.